The minimum Gasteiger partial charge on any atom is -0.495 e. The van der Waals surface area contributed by atoms with Gasteiger partial charge in [-0.15, -0.1) is 11.3 Å². The van der Waals surface area contributed by atoms with Gasteiger partial charge in [0.15, 0.2) is 0 Å². The normalized spacial score (nSPS) is 12.0. The van der Waals surface area contributed by atoms with Crippen molar-refractivity contribution in [1.29, 1.82) is 0 Å². The fraction of sp³-hybridized carbons (Fsp3) is 0.111. The van der Waals surface area contributed by atoms with Crippen LogP contribution >= 0.6 is 34.5 Å². The van der Waals surface area contributed by atoms with Gasteiger partial charge in [0.25, 0.3) is 10.1 Å². The molecule has 0 atom stereocenters. The number of rotatable bonds is 2. The van der Waals surface area contributed by atoms with Gasteiger partial charge >= 0.3 is 0 Å². The van der Waals surface area contributed by atoms with Crippen LogP contribution in [0.15, 0.2) is 17.0 Å². The summed E-state index contributed by atoms with van der Waals surface area (Å²) >= 11 is 13.0. The van der Waals surface area contributed by atoms with E-state index < -0.39 is 10.1 Å². The molecule has 2 aromatic rings. The van der Waals surface area contributed by atoms with Crippen LogP contribution in [0.1, 0.15) is 0 Å². The van der Waals surface area contributed by atoms with E-state index in [0.717, 1.165) is 11.3 Å². The molecule has 0 unspecified atom stereocenters. The first-order chi connectivity index (χ1) is 7.84. The number of thiophene rings is 1. The van der Waals surface area contributed by atoms with Crippen molar-refractivity contribution < 1.29 is 17.7 Å². The predicted molar refractivity (Wildman–Crippen MR) is 68.2 cm³/mol. The van der Waals surface area contributed by atoms with Crippen molar-refractivity contribution in [2.45, 2.75) is 4.90 Å². The zero-order valence-corrected chi connectivity index (χ0v) is 11.5. The van der Waals surface area contributed by atoms with Crippen LogP contribution in [0.5, 0.6) is 5.75 Å². The number of halogens is 2. The summed E-state index contributed by atoms with van der Waals surface area (Å²) in [5.74, 6) is 0.0244. The van der Waals surface area contributed by atoms with Gasteiger partial charge in [-0.1, -0.05) is 23.2 Å². The van der Waals surface area contributed by atoms with E-state index >= 15 is 0 Å². The van der Waals surface area contributed by atoms with Gasteiger partial charge in [-0.2, -0.15) is 8.42 Å². The van der Waals surface area contributed by atoms with E-state index in [1.165, 1.54) is 19.2 Å². The second-order valence-corrected chi connectivity index (χ2v) is 6.79. The molecule has 0 saturated heterocycles. The molecule has 92 valence electrons. The number of benzene rings is 1. The third-order valence-electron chi connectivity index (χ3n) is 2.18. The SMILES string of the molecule is COc1cc2c(Cl)sc(Cl)c2cc1S(=O)(=O)O. The molecule has 0 amide bonds. The largest absolute Gasteiger partial charge is 0.495 e. The van der Waals surface area contributed by atoms with Crippen LogP contribution in [0.4, 0.5) is 0 Å². The van der Waals surface area contributed by atoms with E-state index in [2.05, 4.69) is 0 Å². The fourth-order valence-electron chi connectivity index (χ4n) is 1.43. The van der Waals surface area contributed by atoms with Gasteiger partial charge in [-0.3, -0.25) is 4.55 Å². The minimum atomic E-state index is -4.37. The van der Waals surface area contributed by atoms with E-state index in [4.69, 9.17) is 32.5 Å². The summed E-state index contributed by atoms with van der Waals surface area (Å²) in [6.45, 7) is 0. The molecule has 1 heterocycles. The van der Waals surface area contributed by atoms with E-state index in [0.29, 0.717) is 19.4 Å². The van der Waals surface area contributed by atoms with Crippen LogP contribution < -0.4 is 4.74 Å². The average Bonchev–Trinajstić information content (AvgIpc) is 2.51. The summed E-state index contributed by atoms with van der Waals surface area (Å²) in [5, 5.41) is 1.06. The van der Waals surface area contributed by atoms with Crippen molar-refractivity contribution in [1.82, 2.24) is 0 Å². The van der Waals surface area contributed by atoms with E-state index in [1.807, 2.05) is 0 Å². The van der Waals surface area contributed by atoms with Crippen molar-refractivity contribution in [2.24, 2.45) is 0 Å². The maximum Gasteiger partial charge on any atom is 0.298 e. The predicted octanol–water partition coefficient (Wildman–Crippen LogP) is 3.46. The summed E-state index contributed by atoms with van der Waals surface area (Å²) in [6, 6.07) is 2.68. The summed E-state index contributed by atoms with van der Waals surface area (Å²) in [5.41, 5.74) is 0. The van der Waals surface area contributed by atoms with Gasteiger partial charge in [-0.25, -0.2) is 0 Å². The molecule has 8 heteroatoms. The Morgan fingerprint density at radius 1 is 1.24 bits per heavy atom. The molecule has 1 N–H and O–H groups in total. The van der Waals surface area contributed by atoms with Crippen LogP contribution in [0.25, 0.3) is 10.8 Å². The molecule has 0 aliphatic heterocycles. The third kappa shape index (κ3) is 2.23. The van der Waals surface area contributed by atoms with E-state index in [9.17, 15) is 8.42 Å². The Balaban J connectivity index is 2.90. The third-order valence-corrected chi connectivity index (χ3v) is 4.73. The highest BCUT2D eigenvalue weighted by atomic mass is 35.5. The van der Waals surface area contributed by atoms with Crippen molar-refractivity contribution in [3.05, 3.63) is 20.8 Å². The van der Waals surface area contributed by atoms with E-state index in [1.54, 1.807) is 0 Å². The molecule has 0 fully saturated rings. The lowest BCUT2D eigenvalue weighted by atomic mass is 10.2. The molecule has 17 heavy (non-hydrogen) atoms. The van der Waals surface area contributed by atoms with Gasteiger partial charge in [0.1, 0.15) is 19.3 Å². The summed E-state index contributed by atoms with van der Waals surface area (Å²) < 4.78 is 37.1. The lowest BCUT2D eigenvalue weighted by Gasteiger charge is -2.06. The first-order valence-corrected chi connectivity index (χ1v) is 7.29. The Labute approximate surface area is 111 Å². The molecule has 4 nitrogen and oxygen atoms in total. The molecule has 0 bridgehead atoms. The Morgan fingerprint density at radius 3 is 2.24 bits per heavy atom. The quantitative estimate of drug-likeness (QED) is 0.862. The topological polar surface area (TPSA) is 63.6 Å². The van der Waals surface area contributed by atoms with Crippen molar-refractivity contribution in [3.8, 4) is 5.75 Å². The molecule has 0 radical (unpaired) electrons. The maximum absolute atomic E-state index is 11.2. The Morgan fingerprint density at radius 2 is 1.76 bits per heavy atom. The van der Waals surface area contributed by atoms with E-state index in [-0.39, 0.29) is 10.6 Å². The number of methoxy groups -OCH3 is 1. The van der Waals surface area contributed by atoms with Gasteiger partial charge in [-0.05, 0) is 12.1 Å². The summed E-state index contributed by atoms with van der Waals surface area (Å²) in [7, 11) is -3.06. The maximum atomic E-state index is 11.2. The number of hydrogen-bond donors (Lipinski definition) is 1. The molecular weight excluding hydrogens is 307 g/mol. The molecule has 0 saturated carbocycles. The first-order valence-electron chi connectivity index (χ1n) is 4.27. The summed E-state index contributed by atoms with van der Waals surface area (Å²) in [6.07, 6.45) is 0. The Kier molecular flexibility index (Phi) is 3.26. The van der Waals surface area contributed by atoms with Gasteiger partial charge < -0.3 is 4.74 Å². The molecule has 1 aromatic carbocycles. The number of ether oxygens (including phenoxy) is 1. The monoisotopic (exact) mass is 312 g/mol. The Bertz CT molecular complexity index is 691. The van der Waals surface area contributed by atoms with Crippen molar-refractivity contribution in [2.75, 3.05) is 7.11 Å². The van der Waals surface area contributed by atoms with Gasteiger partial charge in [0.2, 0.25) is 0 Å². The van der Waals surface area contributed by atoms with Crippen LogP contribution in [0.2, 0.25) is 8.67 Å². The first kappa shape index (κ1) is 12.9. The fourth-order valence-corrected chi connectivity index (χ4v) is 3.71. The lowest BCUT2D eigenvalue weighted by molar-refractivity contribution is 0.398. The zero-order valence-electron chi connectivity index (χ0n) is 8.40. The smallest absolute Gasteiger partial charge is 0.298 e. The Hall–Kier alpha value is -0.530. The minimum absolute atomic E-state index is 0.0244. The molecule has 0 spiro atoms. The highest BCUT2D eigenvalue weighted by molar-refractivity contribution is 7.86. The molecule has 1 aromatic heterocycles. The molecule has 0 aliphatic carbocycles. The van der Waals surface area contributed by atoms with Crippen molar-refractivity contribution in [3.63, 3.8) is 0 Å². The second kappa shape index (κ2) is 4.29. The number of hydrogen-bond acceptors (Lipinski definition) is 4. The van der Waals surface area contributed by atoms with Crippen molar-refractivity contribution >= 4 is 55.4 Å². The van der Waals surface area contributed by atoms with Gasteiger partial charge in [0.05, 0.1) is 7.11 Å². The second-order valence-electron chi connectivity index (χ2n) is 3.17. The van der Waals surface area contributed by atoms with Crippen LogP contribution in [0.3, 0.4) is 0 Å². The average molecular weight is 313 g/mol. The van der Waals surface area contributed by atoms with Crippen LogP contribution in [-0.4, -0.2) is 20.1 Å². The lowest BCUT2D eigenvalue weighted by Crippen LogP contribution is -2.01. The molecular formula is C9H6Cl2O4S2. The highest BCUT2D eigenvalue weighted by Gasteiger charge is 2.20. The molecule has 0 aliphatic rings. The van der Waals surface area contributed by atoms with Crippen LogP contribution in [0, 0.1) is 0 Å². The van der Waals surface area contributed by atoms with Gasteiger partial charge in [0, 0.05) is 10.8 Å². The highest BCUT2D eigenvalue weighted by Crippen LogP contribution is 2.42. The summed E-state index contributed by atoms with van der Waals surface area (Å²) in [4.78, 5) is -0.330. The zero-order chi connectivity index (χ0) is 12.8. The standard InChI is InChI=1S/C9H6Cl2O4S2/c1-15-6-2-4-5(9(11)16-8(4)10)3-7(6)17(12,13)14/h2-3H,1H3,(H,12,13,14). The van der Waals surface area contributed by atoms with Crippen LogP contribution in [-0.2, 0) is 10.1 Å². The molecule has 2 rings (SSSR count). The number of fused-ring (bicyclic) bond motifs is 1.